The van der Waals surface area contributed by atoms with Crippen LogP contribution in [0.5, 0.6) is 0 Å². The van der Waals surface area contributed by atoms with Gasteiger partial charge in [0.2, 0.25) is 17.7 Å². The van der Waals surface area contributed by atoms with Gasteiger partial charge in [0.1, 0.15) is 11.9 Å². The third kappa shape index (κ3) is 7.24. The molecule has 3 atom stereocenters. The molecule has 0 bridgehead atoms. The smallest absolute Gasteiger partial charge is 0.246 e. The van der Waals surface area contributed by atoms with Gasteiger partial charge in [0.15, 0.2) is 0 Å². The van der Waals surface area contributed by atoms with Gasteiger partial charge in [-0.15, -0.1) is 0 Å². The Hall–Kier alpha value is -3.17. The molecule has 2 aliphatic heterocycles. The molecule has 0 saturated carbocycles. The number of nitrogens with zero attached hydrogens (tertiary/aromatic N) is 4. The highest BCUT2D eigenvalue weighted by Crippen LogP contribution is 2.37. The molecular formula is C32H43ClFN5O3. The summed E-state index contributed by atoms with van der Waals surface area (Å²) in [5, 5.41) is 3.75. The van der Waals surface area contributed by atoms with Crippen LogP contribution < -0.4 is 10.2 Å². The van der Waals surface area contributed by atoms with Crippen molar-refractivity contribution in [1.82, 2.24) is 20.0 Å². The fourth-order valence-corrected chi connectivity index (χ4v) is 6.26. The summed E-state index contributed by atoms with van der Waals surface area (Å²) in [5.41, 5.74) is 2.20. The summed E-state index contributed by atoms with van der Waals surface area (Å²) in [5.74, 6) is -0.688. The van der Waals surface area contributed by atoms with Gasteiger partial charge < -0.3 is 24.9 Å². The van der Waals surface area contributed by atoms with E-state index in [0.29, 0.717) is 62.8 Å². The molecule has 0 radical (unpaired) electrons. The largest absolute Gasteiger partial charge is 0.365 e. The van der Waals surface area contributed by atoms with Crippen LogP contribution in [0.2, 0.25) is 5.02 Å². The molecule has 8 nitrogen and oxygen atoms in total. The van der Waals surface area contributed by atoms with Gasteiger partial charge in [0.05, 0.1) is 11.7 Å². The van der Waals surface area contributed by atoms with Crippen LogP contribution in [0.1, 0.15) is 56.7 Å². The van der Waals surface area contributed by atoms with E-state index in [-0.39, 0.29) is 41.4 Å². The van der Waals surface area contributed by atoms with Gasteiger partial charge in [-0.1, -0.05) is 49.7 Å². The molecule has 0 spiro atoms. The molecule has 4 rings (SSSR count). The van der Waals surface area contributed by atoms with Crippen LogP contribution in [0.4, 0.5) is 10.1 Å². The van der Waals surface area contributed by atoms with Crippen LogP contribution in [0.3, 0.4) is 0 Å². The van der Waals surface area contributed by atoms with E-state index in [1.54, 1.807) is 15.9 Å². The van der Waals surface area contributed by atoms with Gasteiger partial charge >= 0.3 is 0 Å². The Morgan fingerprint density at radius 2 is 1.69 bits per heavy atom. The lowest BCUT2D eigenvalue weighted by Gasteiger charge is -2.40. The Kier molecular flexibility index (Phi) is 10.5. The first-order chi connectivity index (χ1) is 20.0. The lowest BCUT2D eigenvalue weighted by atomic mass is 9.90. The van der Waals surface area contributed by atoms with Gasteiger partial charge in [-0.05, 0) is 50.2 Å². The number of nitrogens with one attached hydrogen (secondary N) is 1. The van der Waals surface area contributed by atoms with E-state index in [0.717, 1.165) is 11.1 Å². The second-order valence-electron chi connectivity index (χ2n) is 11.9. The molecule has 2 fully saturated rings. The molecule has 1 N–H and O–H groups in total. The second-order valence-corrected chi connectivity index (χ2v) is 12.4. The Morgan fingerprint density at radius 3 is 2.29 bits per heavy atom. The standard InChI is InChI=1S/C32H43ClFN5O3/c1-21(2)29(35-28(41)14-15-36(4)5)26-7-6-8-27(34)30(26)37-17-19-38(20-18-37)32(42)31-25(13-16-39(31)22(3)40)23-9-11-24(33)12-10-23/h6-12,21,25,29,31H,13-20H2,1-5H3,(H,35,41)/t25?,29-,31?/m0/s1. The third-order valence-corrected chi connectivity index (χ3v) is 8.64. The fraction of sp³-hybridized carbons (Fsp3) is 0.531. The first-order valence-electron chi connectivity index (χ1n) is 14.8. The van der Waals surface area contributed by atoms with Crippen LogP contribution in [-0.4, -0.2) is 91.8 Å². The molecule has 42 heavy (non-hydrogen) atoms. The maximum Gasteiger partial charge on any atom is 0.246 e. The number of para-hydroxylation sites is 1. The predicted molar refractivity (Wildman–Crippen MR) is 164 cm³/mol. The molecule has 2 aromatic carbocycles. The SMILES string of the molecule is CC(=O)N1CCC(c2ccc(Cl)cc2)C1C(=O)N1CCN(c2c(F)cccc2[C@@H](NC(=O)CCN(C)C)C(C)C)CC1. The van der Waals surface area contributed by atoms with E-state index in [4.69, 9.17) is 11.6 Å². The third-order valence-electron chi connectivity index (χ3n) is 8.38. The van der Waals surface area contributed by atoms with Crippen molar-refractivity contribution in [2.45, 2.75) is 51.6 Å². The van der Waals surface area contributed by atoms with E-state index in [1.165, 1.54) is 13.0 Å². The molecule has 2 aromatic rings. The molecule has 2 aliphatic rings. The lowest BCUT2D eigenvalue weighted by Crippen LogP contribution is -2.55. The number of likely N-dealkylation sites (tertiary alicyclic amines) is 1. The minimum atomic E-state index is -0.582. The Balaban J connectivity index is 1.51. The van der Waals surface area contributed by atoms with Crippen LogP contribution >= 0.6 is 11.6 Å². The highest BCUT2D eigenvalue weighted by atomic mass is 35.5. The van der Waals surface area contributed by atoms with E-state index < -0.39 is 6.04 Å². The topological polar surface area (TPSA) is 76.2 Å². The number of rotatable bonds is 9. The molecule has 3 amide bonds. The highest BCUT2D eigenvalue weighted by molar-refractivity contribution is 6.30. The van der Waals surface area contributed by atoms with Gasteiger partial charge in [-0.2, -0.15) is 0 Å². The maximum atomic E-state index is 15.5. The number of benzene rings is 2. The molecule has 228 valence electrons. The van der Waals surface area contributed by atoms with E-state index >= 15 is 4.39 Å². The van der Waals surface area contributed by atoms with E-state index in [1.807, 2.05) is 68.1 Å². The zero-order valence-electron chi connectivity index (χ0n) is 25.3. The van der Waals surface area contributed by atoms with Crippen LogP contribution in [0, 0.1) is 11.7 Å². The zero-order chi connectivity index (χ0) is 30.6. The number of carbonyl (C=O) groups excluding carboxylic acids is 3. The summed E-state index contributed by atoms with van der Waals surface area (Å²) >= 11 is 6.10. The summed E-state index contributed by atoms with van der Waals surface area (Å²) < 4.78 is 15.5. The number of piperazine rings is 1. The van der Waals surface area contributed by atoms with Crippen molar-refractivity contribution in [3.8, 4) is 0 Å². The Labute approximate surface area is 253 Å². The first kappa shape index (κ1) is 31.8. The molecule has 0 aliphatic carbocycles. The Morgan fingerprint density at radius 1 is 1.02 bits per heavy atom. The molecular weight excluding hydrogens is 557 g/mol. The van der Waals surface area contributed by atoms with Gasteiger partial charge in [-0.3, -0.25) is 14.4 Å². The van der Waals surface area contributed by atoms with Crippen molar-refractivity contribution < 1.29 is 18.8 Å². The predicted octanol–water partition coefficient (Wildman–Crippen LogP) is 4.30. The number of halogens is 2. The Bertz CT molecular complexity index is 1260. The van der Waals surface area contributed by atoms with E-state index in [2.05, 4.69) is 5.32 Å². The quantitative estimate of drug-likeness (QED) is 0.465. The van der Waals surface area contributed by atoms with Crippen molar-refractivity contribution in [3.63, 3.8) is 0 Å². The average molecular weight is 600 g/mol. The van der Waals surface area contributed by atoms with Crippen LogP contribution in [0.15, 0.2) is 42.5 Å². The van der Waals surface area contributed by atoms with Crippen molar-refractivity contribution in [1.29, 1.82) is 0 Å². The summed E-state index contributed by atoms with van der Waals surface area (Å²) in [4.78, 5) is 46.6. The van der Waals surface area contributed by atoms with Gasteiger partial charge in [0, 0.05) is 69.1 Å². The second kappa shape index (κ2) is 13.9. The lowest BCUT2D eigenvalue weighted by molar-refractivity contribution is -0.143. The van der Waals surface area contributed by atoms with Crippen molar-refractivity contribution in [2.24, 2.45) is 5.92 Å². The molecule has 0 aromatic heterocycles. The highest BCUT2D eigenvalue weighted by Gasteiger charge is 2.44. The number of hydrogen-bond donors (Lipinski definition) is 1. The number of carbonyl (C=O) groups is 3. The zero-order valence-corrected chi connectivity index (χ0v) is 26.0. The van der Waals surface area contributed by atoms with Crippen molar-refractivity contribution in [3.05, 3.63) is 64.4 Å². The summed E-state index contributed by atoms with van der Waals surface area (Å²) in [6, 6.07) is 11.6. The van der Waals surface area contributed by atoms with E-state index in [9.17, 15) is 14.4 Å². The minimum Gasteiger partial charge on any atom is -0.365 e. The fourth-order valence-electron chi connectivity index (χ4n) is 6.14. The summed E-state index contributed by atoms with van der Waals surface area (Å²) in [6.07, 6.45) is 1.06. The summed E-state index contributed by atoms with van der Waals surface area (Å²) in [6.45, 7) is 8.39. The average Bonchev–Trinajstić information content (AvgIpc) is 3.40. The number of hydrogen-bond acceptors (Lipinski definition) is 5. The molecule has 2 unspecified atom stereocenters. The van der Waals surface area contributed by atoms with Crippen molar-refractivity contribution in [2.75, 3.05) is 58.3 Å². The molecule has 10 heteroatoms. The number of anilines is 1. The van der Waals surface area contributed by atoms with Crippen molar-refractivity contribution >= 4 is 35.0 Å². The number of amides is 3. The molecule has 2 heterocycles. The first-order valence-corrected chi connectivity index (χ1v) is 15.1. The maximum absolute atomic E-state index is 15.5. The van der Waals surface area contributed by atoms with Gasteiger partial charge in [-0.25, -0.2) is 4.39 Å². The van der Waals surface area contributed by atoms with Crippen LogP contribution in [-0.2, 0) is 14.4 Å². The van der Waals surface area contributed by atoms with Gasteiger partial charge in [0.25, 0.3) is 0 Å². The minimum absolute atomic E-state index is 0.0430. The normalized spacial score (nSPS) is 19.9. The summed E-state index contributed by atoms with van der Waals surface area (Å²) in [7, 11) is 3.84. The monoisotopic (exact) mass is 599 g/mol. The van der Waals surface area contributed by atoms with Crippen LogP contribution in [0.25, 0.3) is 0 Å². The molecule has 2 saturated heterocycles.